The number of hydrogen-bond acceptors (Lipinski definition) is 8. The first-order valence-corrected chi connectivity index (χ1v) is 15.6. The summed E-state index contributed by atoms with van der Waals surface area (Å²) < 4.78 is 2.02. The van der Waals surface area contributed by atoms with Gasteiger partial charge in [-0.3, -0.25) is 14.9 Å². The van der Waals surface area contributed by atoms with Gasteiger partial charge in [-0.1, -0.05) is 48.5 Å². The summed E-state index contributed by atoms with van der Waals surface area (Å²) in [5.41, 5.74) is 3.82. The van der Waals surface area contributed by atoms with Gasteiger partial charge in [-0.2, -0.15) is 0 Å². The average Bonchev–Trinajstić information content (AvgIpc) is 3.62. The third-order valence-electron chi connectivity index (χ3n) is 7.20. The van der Waals surface area contributed by atoms with Crippen LogP contribution in [0.25, 0.3) is 11.4 Å². The number of amides is 1. The Bertz CT molecular complexity index is 1820. The minimum absolute atomic E-state index is 0.0414. The summed E-state index contributed by atoms with van der Waals surface area (Å²) >= 11 is 2.90. The van der Waals surface area contributed by atoms with Gasteiger partial charge in [0.15, 0.2) is 11.0 Å². The average molecular weight is 609 g/mol. The zero-order valence-electron chi connectivity index (χ0n) is 23.4. The molecule has 43 heavy (non-hydrogen) atoms. The van der Waals surface area contributed by atoms with Crippen LogP contribution in [0.4, 0.5) is 16.4 Å². The normalized spacial score (nSPS) is 12.8. The zero-order chi connectivity index (χ0) is 29.8. The van der Waals surface area contributed by atoms with E-state index in [0.29, 0.717) is 33.5 Å². The quantitative estimate of drug-likeness (QED) is 0.103. The largest absolute Gasteiger partial charge is 0.322 e. The van der Waals surface area contributed by atoms with Gasteiger partial charge in [0.1, 0.15) is 5.00 Å². The van der Waals surface area contributed by atoms with E-state index in [1.165, 1.54) is 40.1 Å². The number of nitrogens with one attached hydrogen (secondary N) is 1. The summed E-state index contributed by atoms with van der Waals surface area (Å²) in [5.74, 6) is 0.553. The number of thiophene rings is 1. The van der Waals surface area contributed by atoms with Crippen LogP contribution < -0.4 is 5.32 Å². The number of carbonyl (C=O) groups is 1. The number of para-hydroxylation sites is 1. The number of nitro groups is 1. The van der Waals surface area contributed by atoms with Gasteiger partial charge in [0, 0.05) is 51.5 Å². The highest BCUT2D eigenvalue weighted by molar-refractivity contribution is 7.99. The summed E-state index contributed by atoms with van der Waals surface area (Å²) in [6, 6.07) is 23.9. The van der Waals surface area contributed by atoms with Gasteiger partial charge in [0.05, 0.1) is 10.5 Å². The number of carbonyl (C=O) groups excluding carboxylic acids is 1. The van der Waals surface area contributed by atoms with Crippen molar-refractivity contribution in [2.75, 3.05) is 5.32 Å². The summed E-state index contributed by atoms with van der Waals surface area (Å²) in [7, 11) is 0. The molecule has 1 amide bonds. The molecule has 5 aromatic rings. The number of aromatic nitrogens is 3. The molecule has 0 bridgehead atoms. The van der Waals surface area contributed by atoms with Gasteiger partial charge < -0.3 is 9.88 Å². The maximum Gasteiger partial charge on any atom is 0.270 e. The van der Waals surface area contributed by atoms with Crippen molar-refractivity contribution in [2.24, 2.45) is 4.99 Å². The highest BCUT2D eigenvalue weighted by Gasteiger charge is 2.25. The number of rotatable bonds is 9. The van der Waals surface area contributed by atoms with Crippen LogP contribution in [0.1, 0.15) is 46.1 Å². The smallest absolute Gasteiger partial charge is 0.270 e. The summed E-state index contributed by atoms with van der Waals surface area (Å²) in [6.45, 7) is 2.68. The first kappa shape index (κ1) is 28.5. The number of non-ortho nitro benzene ring substituents is 1. The number of fused-ring (bicyclic) bond motifs is 1. The Morgan fingerprint density at radius 2 is 1.81 bits per heavy atom. The van der Waals surface area contributed by atoms with Crippen molar-refractivity contribution < 1.29 is 9.72 Å². The number of nitrogens with zero attached hydrogens (tertiary/aromatic N) is 5. The van der Waals surface area contributed by atoms with Crippen molar-refractivity contribution in [1.29, 1.82) is 0 Å². The number of hydrogen-bond donors (Lipinski definition) is 1. The van der Waals surface area contributed by atoms with Gasteiger partial charge in [-0.05, 0) is 68.1 Å². The Labute approximate surface area is 256 Å². The lowest BCUT2D eigenvalue weighted by Gasteiger charge is -2.12. The second kappa shape index (κ2) is 12.7. The van der Waals surface area contributed by atoms with Crippen LogP contribution in [-0.4, -0.2) is 31.8 Å². The Kier molecular flexibility index (Phi) is 8.43. The number of aliphatic imine (C=N–C) groups is 1. The Hall–Kier alpha value is -4.61. The van der Waals surface area contributed by atoms with Gasteiger partial charge >= 0.3 is 0 Å². The number of anilines is 1. The third kappa shape index (κ3) is 6.13. The molecule has 0 radical (unpaired) electrons. The molecule has 0 atom stereocenters. The van der Waals surface area contributed by atoms with Gasteiger partial charge in [0.2, 0.25) is 0 Å². The van der Waals surface area contributed by atoms with Gasteiger partial charge in [0.25, 0.3) is 11.6 Å². The lowest BCUT2D eigenvalue weighted by Crippen LogP contribution is -2.14. The molecule has 11 heteroatoms. The fraction of sp³-hybridized carbons (Fsp3) is 0.188. The highest BCUT2D eigenvalue weighted by Crippen LogP contribution is 2.41. The van der Waals surface area contributed by atoms with Crippen LogP contribution in [0.15, 0.2) is 93.9 Å². The Balaban J connectivity index is 1.37. The monoisotopic (exact) mass is 608 g/mol. The topological polar surface area (TPSA) is 115 Å². The molecule has 0 unspecified atom stereocenters. The second-order valence-electron chi connectivity index (χ2n) is 9.97. The molecule has 0 saturated carbocycles. The molecule has 6 rings (SSSR count). The number of benzene rings is 3. The molecular weight excluding hydrogens is 581 g/mol. The van der Waals surface area contributed by atoms with E-state index in [2.05, 4.69) is 15.5 Å². The van der Waals surface area contributed by atoms with Crippen molar-refractivity contribution in [1.82, 2.24) is 14.8 Å². The van der Waals surface area contributed by atoms with E-state index in [-0.39, 0.29) is 11.6 Å². The molecule has 1 N–H and O–H groups in total. The fourth-order valence-electron chi connectivity index (χ4n) is 5.11. The van der Waals surface area contributed by atoms with E-state index in [1.54, 1.807) is 12.3 Å². The van der Waals surface area contributed by atoms with Gasteiger partial charge in [-0.25, -0.2) is 4.99 Å². The van der Waals surface area contributed by atoms with Crippen molar-refractivity contribution >= 4 is 51.6 Å². The maximum atomic E-state index is 13.5. The molecule has 0 spiro atoms. The van der Waals surface area contributed by atoms with Crippen LogP contribution in [0, 0.1) is 10.1 Å². The molecule has 1 aliphatic carbocycles. The van der Waals surface area contributed by atoms with Crippen LogP contribution in [-0.2, 0) is 19.4 Å². The highest BCUT2D eigenvalue weighted by atomic mass is 32.2. The minimum atomic E-state index is -0.420. The van der Waals surface area contributed by atoms with Crippen LogP contribution in [0.2, 0.25) is 0 Å². The van der Waals surface area contributed by atoms with Crippen molar-refractivity contribution in [3.05, 3.63) is 111 Å². The van der Waals surface area contributed by atoms with Crippen LogP contribution >= 0.6 is 23.1 Å². The molecule has 0 saturated heterocycles. The summed E-state index contributed by atoms with van der Waals surface area (Å²) in [4.78, 5) is 31.5. The van der Waals surface area contributed by atoms with Crippen molar-refractivity contribution in [3.8, 4) is 11.4 Å². The van der Waals surface area contributed by atoms with E-state index in [0.717, 1.165) is 47.5 Å². The number of aryl methyl sites for hydroxylation is 1. The molecule has 0 fully saturated rings. The van der Waals surface area contributed by atoms with Crippen LogP contribution in [0.5, 0.6) is 0 Å². The molecule has 216 valence electrons. The zero-order valence-corrected chi connectivity index (χ0v) is 25.0. The molecule has 2 heterocycles. The van der Waals surface area contributed by atoms with Crippen molar-refractivity contribution in [3.63, 3.8) is 0 Å². The summed E-state index contributed by atoms with van der Waals surface area (Å²) in [5, 5.41) is 24.8. The maximum absolute atomic E-state index is 13.5. The van der Waals surface area contributed by atoms with E-state index in [4.69, 9.17) is 4.99 Å². The third-order valence-corrected chi connectivity index (χ3v) is 9.48. The van der Waals surface area contributed by atoms with Gasteiger partial charge in [-0.15, -0.1) is 21.5 Å². The lowest BCUT2D eigenvalue weighted by molar-refractivity contribution is -0.384. The lowest BCUT2D eigenvalue weighted by atomic mass is 9.95. The fourth-order valence-corrected chi connectivity index (χ4v) is 7.31. The van der Waals surface area contributed by atoms with E-state index in [9.17, 15) is 14.9 Å². The molecule has 1 aliphatic rings. The molecule has 0 aliphatic heterocycles. The predicted molar refractivity (Wildman–Crippen MR) is 171 cm³/mol. The Morgan fingerprint density at radius 3 is 2.56 bits per heavy atom. The van der Waals surface area contributed by atoms with Crippen molar-refractivity contribution in [2.45, 2.75) is 49.2 Å². The molecule has 3 aromatic carbocycles. The van der Waals surface area contributed by atoms with E-state index >= 15 is 0 Å². The Morgan fingerprint density at radius 1 is 1.07 bits per heavy atom. The standard InChI is InChI=1S/C32H28N6O3S2/c1-2-37-29(21-11-5-3-6-12-21)35-36-32(37)43-26-18-17-24(38(40)41)19-22(26)20-33-31-28(25-15-9-10-16-27(25)42-31)30(39)34-23-13-7-4-8-14-23/h3-8,11-14,17-20H,2,9-10,15-16H2,1H3,(H,34,39). The molecule has 2 aromatic heterocycles. The SMILES string of the molecule is CCn1c(Sc2ccc([N+](=O)[O-])cc2C=Nc2sc3c(c2C(=O)Nc2ccccc2)CCCC3)nnc1-c1ccccc1. The minimum Gasteiger partial charge on any atom is -0.322 e. The first-order chi connectivity index (χ1) is 21.0. The van der Waals surface area contributed by atoms with E-state index in [1.807, 2.05) is 72.2 Å². The number of nitro benzene ring substituents is 1. The first-order valence-electron chi connectivity index (χ1n) is 14.0. The molecular formula is C32H28N6O3S2. The predicted octanol–water partition coefficient (Wildman–Crippen LogP) is 7.97. The van der Waals surface area contributed by atoms with E-state index < -0.39 is 4.92 Å². The molecule has 9 nitrogen and oxygen atoms in total. The second-order valence-corrected chi connectivity index (χ2v) is 12.1. The summed E-state index contributed by atoms with van der Waals surface area (Å²) in [6.07, 6.45) is 5.46. The van der Waals surface area contributed by atoms with Crippen LogP contribution in [0.3, 0.4) is 0 Å².